The van der Waals surface area contributed by atoms with Crippen molar-refractivity contribution in [2.75, 3.05) is 39.5 Å². The van der Waals surface area contributed by atoms with Crippen LogP contribution in [-0.2, 0) is 16.0 Å². The van der Waals surface area contributed by atoms with Crippen LogP contribution in [0.5, 0.6) is 0 Å². The minimum absolute atomic E-state index is 0.225. The van der Waals surface area contributed by atoms with E-state index in [9.17, 15) is 4.39 Å². The molecule has 1 saturated heterocycles. The Labute approximate surface area is 143 Å². The maximum atomic E-state index is 12.9. The van der Waals surface area contributed by atoms with E-state index in [-0.39, 0.29) is 5.82 Å². The molecule has 6 heteroatoms. The van der Waals surface area contributed by atoms with Crippen molar-refractivity contribution in [1.82, 2.24) is 10.6 Å². The van der Waals surface area contributed by atoms with Gasteiger partial charge in [0.15, 0.2) is 5.96 Å². The van der Waals surface area contributed by atoms with Crippen molar-refractivity contribution in [3.8, 4) is 0 Å². The summed E-state index contributed by atoms with van der Waals surface area (Å²) in [4.78, 5) is 4.51. The normalized spacial score (nSPS) is 17.9. The van der Waals surface area contributed by atoms with E-state index >= 15 is 0 Å². The van der Waals surface area contributed by atoms with Crippen molar-refractivity contribution >= 4 is 5.96 Å². The first-order chi connectivity index (χ1) is 11.8. The van der Waals surface area contributed by atoms with E-state index in [1.807, 2.05) is 6.92 Å². The predicted molar refractivity (Wildman–Crippen MR) is 93.6 cm³/mol. The second-order valence-corrected chi connectivity index (χ2v) is 5.91. The Morgan fingerprint density at radius 1 is 1.33 bits per heavy atom. The zero-order chi connectivity index (χ0) is 17.0. The molecule has 1 aliphatic heterocycles. The summed E-state index contributed by atoms with van der Waals surface area (Å²) in [6.45, 7) is 7.38. The molecule has 1 unspecified atom stereocenters. The minimum Gasteiger partial charge on any atom is -0.381 e. The Hall–Kier alpha value is -1.66. The average Bonchev–Trinajstić information content (AvgIpc) is 3.10. The van der Waals surface area contributed by atoms with Gasteiger partial charge in [0, 0.05) is 32.2 Å². The standard InChI is InChI=1S/C18H28FN3O2/c1-2-20-18(22-12-15-4-6-17(19)7-5-15)21-9-3-10-23-13-16-8-11-24-14-16/h4-7,16H,2-3,8-14H2,1H3,(H2,20,21,22). The van der Waals surface area contributed by atoms with E-state index in [0.717, 1.165) is 63.9 Å². The molecule has 24 heavy (non-hydrogen) atoms. The fourth-order valence-corrected chi connectivity index (χ4v) is 2.45. The third-order valence-corrected chi connectivity index (χ3v) is 3.81. The average molecular weight is 337 g/mol. The van der Waals surface area contributed by atoms with Crippen molar-refractivity contribution in [3.63, 3.8) is 0 Å². The molecular weight excluding hydrogens is 309 g/mol. The van der Waals surface area contributed by atoms with Crippen LogP contribution in [0.15, 0.2) is 29.3 Å². The highest BCUT2D eigenvalue weighted by Crippen LogP contribution is 2.12. The summed E-state index contributed by atoms with van der Waals surface area (Å²) in [7, 11) is 0. The molecule has 0 radical (unpaired) electrons. The Kier molecular flexibility index (Phi) is 8.55. The summed E-state index contributed by atoms with van der Waals surface area (Å²) in [6.07, 6.45) is 2.04. The summed E-state index contributed by atoms with van der Waals surface area (Å²) in [6, 6.07) is 6.42. The first-order valence-corrected chi connectivity index (χ1v) is 8.70. The second-order valence-electron chi connectivity index (χ2n) is 5.91. The van der Waals surface area contributed by atoms with Crippen LogP contribution in [0.25, 0.3) is 0 Å². The van der Waals surface area contributed by atoms with Crippen LogP contribution in [0.3, 0.4) is 0 Å². The second kappa shape index (κ2) is 11.0. The number of ether oxygens (including phenoxy) is 2. The summed E-state index contributed by atoms with van der Waals surface area (Å²) in [5, 5.41) is 6.50. The van der Waals surface area contributed by atoms with Gasteiger partial charge in [-0.15, -0.1) is 0 Å². The number of halogens is 1. The summed E-state index contributed by atoms with van der Waals surface area (Å²) >= 11 is 0. The third-order valence-electron chi connectivity index (χ3n) is 3.81. The molecule has 1 aromatic carbocycles. The molecule has 0 aliphatic carbocycles. The van der Waals surface area contributed by atoms with Gasteiger partial charge in [0.1, 0.15) is 5.82 Å². The maximum Gasteiger partial charge on any atom is 0.191 e. The van der Waals surface area contributed by atoms with E-state index in [0.29, 0.717) is 12.5 Å². The number of nitrogens with zero attached hydrogens (tertiary/aromatic N) is 1. The molecule has 1 heterocycles. The van der Waals surface area contributed by atoms with Crippen molar-refractivity contribution in [2.24, 2.45) is 10.9 Å². The van der Waals surface area contributed by atoms with Gasteiger partial charge in [-0.1, -0.05) is 12.1 Å². The predicted octanol–water partition coefficient (Wildman–Crippen LogP) is 2.32. The van der Waals surface area contributed by atoms with Crippen LogP contribution >= 0.6 is 0 Å². The Morgan fingerprint density at radius 3 is 2.88 bits per heavy atom. The lowest BCUT2D eigenvalue weighted by Crippen LogP contribution is -2.38. The lowest BCUT2D eigenvalue weighted by molar-refractivity contribution is 0.0888. The molecule has 5 nitrogen and oxygen atoms in total. The monoisotopic (exact) mass is 337 g/mol. The van der Waals surface area contributed by atoms with Crippen LogP contribution < -0.4 is 10.6 Å². The highest BCUT2D eigenvalue weighted by Gasteiger charge is 2.15. The molecule has 2 rings (SSSR count). The number of hydrogen-bond acceptors (Lipinski definition) is 3. The number of rotatable bonds is 9. The van der Waals surface area contributed by atoms with Gasteiger partial charge in [0.05, 0.1) is 19.8 Å². The fraction of sp³-hybridized carbons (Fsp3) is 0.611. The molecule has 1 fully saturated rings. The largest absolute Gasteiger partial charge is 0.381 e. The van der Waals surface area contributed by atoms with Gasteiger partial charge in [-0.2, -0.15) is 0 Å². The Balaban J connectivity index is 1.62. The molecule has 134 valence electrons. The van der Waals surface area contributed by atoms with E-state index in [1.165, 1.54) is 12.1 Å². The van der Waals surface area contributed by atoms with Crippen molar-refractivity contribution in [3.05, 3.63) is 35.6 Å². The number of guanidine groups is 1. The molecule has 0 aromatic heterocycles. The lowest BCUT2D eigenvalue weighted by atomic mass is 10.1. The van der Waals surface area contributed by atoms with Crippen molar-refractivity contribution in [1.29, 1.82) is 0 Å². The summed E-state index contributed by atoms with van der Waals surface area (Å²) < 4.78 is 23.9. The molecule has 0 spiro atoms. The zero-order valence-electron chi connectivity index (χ0n) is 14.4. The molecule has 1 atom stereocenters. The van der Waals surface area contributed by atoms with Crippen LogP contribution in [0.2, 0.25) is 0 Å². The van der Waals surface area contributed by atoms with Gasteiger partial charge in [-0.05, 0) is 37.5 Å². The highest BCUT2D eigenvalue weighted by atomic mass is 19.1. The third kappa shape index (κ3) is 7.27. The SMILES string of the molecule is CCNC(=NCc1ccc(F)cc1)NCCCOCC1CCOC1. The van der Waals surface area contributed by atoms with Gasteiger partial charge in [-0.3, -0.25) is 0 Å². The summed E-state index contributed by atoms with van der Waals surface area (Å²) in [5.41, 5.74) is 0.982. The molecule has 0 saturated carbocycles. The van der Waals surface area contributed by atoms with Crippen LogP contribution in [0.4, 0.5) is 4.39 Å². The van der Waals surface area contributed by atoms with Gasteiger partial charge in [0.2, 0.25) is 0 Å². The summed E-state index contributed by atoms with van der Waals surface area (Å²) in [5.74, 6) is 1.11. The minimum atomic E-state index is -0.225. The van der Waals surface area contributed by atoms with Crippen LogP contribution in [0, 0.1) is 11.7 Å². The van der Waals surface area contributed by atoms with Crippen molar-refractivity contribution in [2.45, 2.75) is 26.3 Å². The molecular formula is C18H28FN3O2. The van der Waals surface area contributed by atoms with Gasteiger partial charge in [0.25, 0.3) is 0 Å². The molecule has 1 aromatic rings. The molecule has 0 bridgehead atoms. The first kappa shape index (κ1) is 18.7. The maximum absolute atomic E-state index is 12.9. The van der Waals surface area contributed by atoms with Crippen LogP contribution in [-0.4, -0.2) is 45.5 Å². The van der Waals surface area contributed by atoms with Gasteiger partial charge in [-0.25, -0.2) is 9.38 Å². The quantitative estimate of drug-likeness (QED) is 0.412. The number of benzene rings is 1. The molecule has 1 aliphatic rings. The molecule has 2 N–H and O–H groups in total. The van der Waals surface area contributed by atoms with E-state index in [2.05, 4.69) is 15.6 Å². The Morgan fingerprint density at radius 2 is 2.17 bits per heavy atom. The van der Waals surface area contributed by atoms with Crippen LogP contribution in [0.1, 0.15) is 25.3 Å². The lowest BCUT2D eigenvalue weighted by Gasteiger charge is -2.12. The van der Waals surface area contributed by atoms with Crippen molar-refractivity contribution < 1.29 is 13.9 Å². The number of hydrogen-bond donors (Lipinski definition) is 2. The first-order valence-electron chi connectivity index (χ1n) is 8.70. The molecule has 0 amide bonds. The van der Waals surface area contributed by atoms with Gasteiger partial charge < -0.3 is 20.1 Å². The topological polar surface area (TPSA) is 54.9 Å². The van der Waals surface area contributed by atoms with E-state index in [4.69, 9.17) is 9.47 Å². The van der Waals surface area contributed by atoms with E-state index < -0.39 is 0 Å². The van der Waals surface area contributed by atoms with Gasteiger partial charge >= 0.3 is 0 Å². The number of nitrogens with one attached hydrogen (secondary N) is 2. The zero-order valence-corrected chi connectivity index (χ0v) is 14.4. The number of aliphatic imine (C=N–C) groups is 1. The van der Waals surface area contributed by atoms with E-state index in [1.54, 1.807) is 12.1 Å². The Bertz CT molecular complexity index is 488. The highest BCUT2D eigenvalue weighted by molar-refractivity contribution is 5.79. The smallest absolute Gasteiger partial charge is 0.191 e. The fourth-order valence-electron chi connectivity index (χ4n) is 2.45.